The van der Waals surface area contributed by atoms with Gasteiger partial charge in [-0.2, -0.15) is 0 Å². The van der Waals surface area contributed by atoms with Crippen molar-refractivity contribution in [2.45, 2.75) is 19.9 Å². The van der Waals surface area contributed by atoms with E-state index in [2.05, 4.69) is 4.90 Å². The van der Waals surface area contributed by atoms with E-state index in [0.29, 0.717) is 26.4 Å². The molecule has 0 radical (unpaired) electrons. The minimum atomic E-state index is 0.259. The van der Waals surface area contributed by atoms with E-state index in [0.717, 1.165) is 26.3 Å². The van der Waals surface area contributed by atoms with Crippen LogP contribution >= 0.6 is 0 Å². The average Bonchev–Trinajstić information content (AvgIpc) is 2.40. The largest absolute Gasteiger partial charge is 0.383 e. The second-order valence-corrected chi connectivity index (χ2v) is 3.99. The first-order valence-electron chi connectivity index (χ1n) is 6.67. The normalized spacial score (nSPS) is 11.7. The molecule has 0 spiro atoms. The van der Waals surface area contributed by atoms with Crippen molar-refractivity contribution in [2.24, 2.45) is 0 Å². The Hall–Kier alpha value is -0.200. The van der Waals surface area contributed by atoms with Gasteiger partial charge in [0.05, 0.1) is 32.5 Å². The fourth-order valence-corrected chi connectivity index (χ4v) is 1.66. The van der Waals surface area contributed by atoms with Gasteiger partial charge in [0.25, 0.3) is 0 Å². The predicted molar refractivity (Wildman–Crippen MR) is 72.1 cm³/mol. The molecule has 0 unspecified atom stereocenters. The number of rotatable bonds is 13. The van der Waals surface area contributed by atoms with E-state index in [1.165, 1.54) is 0 Å². The van der Waals surface area contributed by atoms with Crippen LogP contribution in [0.1, 0.15) is 13.8 Å². The third-order valence-corrected chi connectivity index (χ3v) is 2.71. The van der Waals surface area contributed by atoms with Gasteiger partial charge in [0, 0.05) is 40.5 Å². The number of nitrogens with zero attached hydrogens (tertiary/aromatic N) is 1. The van der Waals surface area contributed by atoms with Gasteiger partial charge in [-0.15, -0.1) is 0 Å². The number of ether oxygens (including phenoxy) is 4. The Balaban J connectivity index is 4.27. The van der Waals surface area contributed by atoms with Crippen LogP contribution in [-0.2, 0) is 18.9 Å². The quantitative estimate of drug-likeness (QED) is 0.496. The third kappa shape index (κ3) is 8.83. The SMILES string of the molecule is CCOCC(COCC)N(CCOC)CCOC. The molecule has 0 N–H and O–H groups in total. The Kier molecular flexibility index (Phi) is 13.1. The Bertz CT molecular complexity index is 135. The summed E-state index contributed by atoms with van der Waals surface area (Å²) in [6.07, 6.45) is 0. The summed E-state index contributed by atoms with van der Waals surface area (Å²) >= 11 is 0. The van der Waals surface area contributed by atoms with E-state index in [4.69, 9.17) is 18.9 Å². The highest BCUT2D eigenvalue weighted by Gasteiger charge is 2.18. The summed E-state index contributed by atoms with van der Waals surface area (Å²) in [5.41, 5.74) is 0. The van der Waals surface area contributed by atoms with E-state index in [-0.39, 0.29) is 6.04 Å². The van der Waals surface area contributed by atoms with Crippen molar-refractivity contribution in [1.82, 2.24) is 4.90 Å². The molecule has 0 atom stereocenters. The molecule has 110 valence electrons. The zero-order valence-corrected chi connectivity index (χ0v) is 12.3. The van der Waals surface area contributed by atoms with Crippen LogP contribution in [0.5, 0.6) is 0 Å². The molecular weight excluding hydrogens is 234 g/mol. The third-order valence-electron chi connectivity index (χ3n) is 2.71. The molecule has 0 aliphatic heterocycles. The first-order valence-corrected chi connectivity index (χ1v) is 6.67. The van der Waals surface area contributed by atoms with Crippen molar-refractivity contribution in [1.29, 1.82) is 0 Å². The molecule has 5 nitrogen and oxygen atoms in total. The zero-order valence-electron chi connectivity index (χ0n) is 12.3. The lowest BCUT2D eigenvalue weighted by Crippen LogP contribution is -2.45. The van der Waals surface area contributed by atoms with Crippen molar-refractivity contribution in [2.75, 3.05) is 67.0 Å². The molecule has 0 aromatic carbocycles. The van der Waals surface area contributed by atoms with Crippen molar-refractivity contribution in [3.63, 3.8) is 0 Å². The smallest absolute Gasteiger partial charge is 0.0644 e. The molecule has 0 aliphatic rings. The van der Waals surface area contributed by atoms with E-state index in [1.54, 1.807) is 14.2 Å². The second-order valence-electron chi connectivity index (χ2n) is 3.99. The molecule has 0 amide bonds. The van der Waals surface area contributed by atoms with Gasteiger partial charge in [0.2, 0.25) is 0 Å². The molecule has 0 heterocycles. The Morgan fingerprint density at radius 2 is 1.28 bits per heavy atom. The Labute approximate surface area is 111 Å². The maximum atomic E-state index is 5.53. The topological polar surface area (TPSA) is 40.2 Å². The van der Waals surface area contributed by atoms with Crippen molar-refractivity contribution < 1.29 is 18.9 Å². The summed E-state index contributed by atoms with van der Waals surface area (Å²) in [7, 11) is 3.43. The average molecular weight is 263 g/mol. The first kappa shape index (κ1) is 17.8. The van der Waals surface area contributed by atoms with Gasteiger partial charge < -0.3 is 18.9 Å². The lowest BCUT2D eigenvalue weighted by atomic mass is 10.2. The van der Waals surface area contributed by atoms with E-state index in [1.807, 2.05) is 13.8 Å². The minimum absolute atomic E-state index is 0.259. The summed E-state index contributed by atoms with van der Waals surface area (Å²) in [6, 6.07) is 0.259. The van der Waals surface area contributed by atoms with Gasteiger partial charge >= 0.3 is 0 Å². The molecule has 18 heavy (non-hydrogen) atoms. The van der Waals surface area contributed by atoms with E-state index in [9.17, 15) is 0 Å². The fourth-order valence-electron chi connectivity index (χ4n) is 1.66. The van der Waals surface area contributed by atoms with Crippen molar-refractivity contribution in [3.8, 4) is 0 Å². The number of methoxy groups -OCH3 is 2. The summed E-state index contributed by atoms with van der Waals surface area (Å²) in [5, 5.41) is 0. The molecule has 0 rings (SSSR count). The molecule has 0 aromatic heterocycles. The summed E-state index contributed by atoms with van der Waals surface area (Å²) in [4.78, 5) is 2.30. The number of hydrogen-bond donors (Lipinski definition) is 0. The van der Waals surface area contributed by atoms with Crippen molar-refractivity contribution >= 4 is 0 Å². The minimum Gasteiger partial charge on any atom is -0.383 e. The molecule has 0 aromatic rings. The van der Waals surface area contributed by atoms with Crippen LogP contribution < -0.4 is 0 Å². The second kappa shape index (κ2) is 13.2. The van der Waals surface area contributed by atoms with Crippen LogP contribution in [-0.4, -0.2) is 77.9 Å². The Morgan fingerprint density at radius 3 is 1.61 bits per heavy atom. The van der Waals surface area contributed by atoms with Crippen LogP contribution in [0, 0.1) is 0 Å². The molecule has 0 aliphatic carbocycles. The molecule has 0 saturated heterocycles. The van der Waals surface area contributed by atoms with Crippen LogP contribution in [0.25, 0.3) is 0 Å². The van der Waals surface area contributed by atoms with Crippen LogP contribution in [0.3, 0.4) is 0 Å². The summed E-state index contributed by atoms with van der Waals surface area (Å²) in [5.74, 6) is 0. The van der Waals surface area contributed by atoms with Crippen LogP contribution in [0.2, 0.25) is 0 Å². The van der Waals surface area contributed by atoms with Gasteiger partial charge in [-0.1, -0.05) is 0 Å². The Morgan fingerprint density at radius 1 is 0.833 bits per heavy atom. The highest BCUT2D eigenvalue weighted by molar-refractivity contribution is 4.71. The van der Waals surface area contributed by atoms with Crippen molar-refractivity contribution in [3.05, 3.63) is 0 Å². The zero-order chi connectivity index (χ0) is 13.6. The van der Waals surface area contributed by atoms with Crippen LogP contribution in [0.4, 0.5) is 0 Å². The van der Waals surface area contributed by atoms with E-state index < -0.39 is 0 Å². The highest BCUT2D eigenvalue weighted by atomic mass is 16.5. The predicted octanol–water partition coefficient (Wildman–Crippen LogP) is 1.02. The standard InChI is InChI=1S/C13H29NO4/c1-5-17-11-13(12-18-6-2)14(7-9-15-3)8-10-16-4/h13H,5-12H2,1-4H3. The van der Waals surface area contributed by atoms with Gasteiger partial charge in [0.15, 0.2) is 0 Å². The van der Waals surface area contributed by atoms with Gasteiger partial charge in [0.1, 0.15) is 0 Å². The number of hydrogen-bond acceptors (Lipinski definition) is 5. The van der Waals surface area contributed by atoms with Crippen LogP contribution in [0.15, 0.2) is 0 Å². The molecular formula is C13H29NO4. The van der Waals surface area contributed by atoms with E-state index >= 15 is 0 Å². The first-order chi connectivity index (χ1) is 8.79. The molecule has 0 fully saturated rings. The van der Waals surface area contributed by atoms with Gasteiger partial charge in [-0.3, -0.25) is 4.90 Å². The summed E-state index contributed by atoms with van der Waals surface area (Å²) < 4.78 is 21.4. The van der Waals surface area contributed by atoms with Gasteiger partial charge in [-0.05, 0) is 13.8 Å². The summed E-state index contributed by atoms with van der Waals surface area (Å²) in [6.45, 7) is 9.98. The maximum Gasteiger partial charge on any atom is 0.0644 e. The molecule has 0 bridgehead atoms. The van der Waals surface area contributed by atoms with Gasteiger partial charge in [-0.25, -0.2) is 0 Å². The molecule has 5 heteroatoms. The molecule has 0 saturated carbocycles. The maximum absolute atomic E-state index is 5.53. The monoisotopic (exact) mass is 263 g/mol. The lowest BCUT2D eigenvalue weighted by molar-refractivity contribution is -0.00580. The highest BCUT2D eigenvalue weighted by Crippen LogP contribution is 2.02. The fraction of sp³-hybridized carbons (Fsp3) is 1.00. The lowest BCUT2D eigenvalue weighted by Gasteiger charge is -2.31.